The molecule has 1 aromatic carbocycles. The van der Waals surface area contributed by atoms with Gasteiger partial charge in [-0.05, 0) is 17.7 Å². The molecular formula is C9H12BrNO2S. The number of halogens is 1. The lowest BCUT2D eigenvalue weighted by Crippen LogP contribution is -2.22. The van der Waals surface area contributed by atoms with Crippen LogP contribution in [0.5, 0.6) is 0 Å². The summed E-state index contributed by atoms with van der Waals surface area (Å²) in [7, 11) is -3.30. The van der Waals surface area contributed by atoms with Crippen LogP contribution in [0.1, 0.15) is 12.5 Å². The predicted molar refractivity (Wildman–Crippen MR) is 59.9 cm³/mol. The van der Waals surface area contributed by atoms with E-state index in [1.54, 1.807) is 31.2 Å². The van der Waals surface area contributed by atoms with Gasteiger partial charge < -0.3 is 0 Å². The molecule has 14 heavy (non-hydrogen) atoms. The average Bonchev–Trinajstić information content (AvgIpc) is 2.18. The van der Waals surface area contributed by atoms with Crippen molar-refractivity contribution in [3.05, 3.63) is 29.8 Å². The molecule has 3 nitrogen and oxygen atoms in total. The molecule has 1 N–H and O–H groups in total. The Bertz CT molecular complexity index is 386. The van der Waals surface area contributed by atoms with Crippen LogP contribution in [0.15, 0.2) is 29.2 Å². The molecule has 0 spiro atoms. The molecular weight excluding hydrogens is 266 g/mol. The summed E-state index contributed by atoms with van der Waals surface area (Å²) in [5.41, 5.74) is 1.06. The van der Waals surface area contributed by atoms with Gasteiger partial charge in [-0.2, -0.15) is 0 Å². The number of hydrogen-bond donors (Lipinski definition) is 1. The normalized spacial score (nSPS) is 11.6. The predicted octanol–water partition coefficient (Wildman–Crippen LogP) is 1.88. The third-order valence-electron chi connectivity index (χ3n) is 1.72. The Morgan fingerprint density at radius 3 is 2.29 bits per heavy atom. The first-order chi connectivity index (χ1) is 6.60. The van der Waals surface area contributed by atoms with Crippen molar-refractivity contribution in [1.29, 1.82) is 0 Å². The molecule has 1 rings (SSSR count). The highest BCUT2D eigenvalue weighted by Crippen LogP contribution is 2.12. The van der Waals surface area contributed by atoms with Crippen molar-refractivity contribution in [2.24, 2.45) is 0 Å². The highest BCUT2D eigenvalue weighted by atomic mass is 79.9. The lowest BCUT2D eigenvalue weighted by atomic mass is 10.2. The van der Waals surface area contributed by atoms with E-state index in [-0.39, 0.29) is 0 Å². The maximum Gasteiger partial charge on any atom is 0.240 e. The molecule has 0 heterocycles. The standard InChI is InChI=1S/C9H12BrNO2S/c1-2-11-14(12,13)9-5-3-8(7-10)4-6-9/h3-6,11H,2,7H2,1H3. The summed E-state index contributed by atoms with van der Waals surface area (Å²) < 4.78 is 25.5. The molecule has 78 valence electrons. The monoisotopic (exact) mass is 277 g/mol. The van der Waals surface area contributed by atoms with Crippen LogP contribution < -0.4 is 4.72 Å². The molecule has 0 bridgehead atoms. The van der Waals surface area contributed by atoms with E-state index in [2.05, 4.69) is 20.7 Å². The van der Waals surface area contributed by atoms with Crippen LogP contribution in [0.25, 0.3) is 0 Å². The molecule has 0 amide bonds. The summed E-state index contributed by atoms with van der Waals surface area (Å²) in [6.07, 6.45) is 0. The second kappa shape index (κ2) is 4.91. The molecule has 0 aromatic heterocycles. The van der Waals surface area contributed by atoms with Gasteiger partial charge in [0, 0.05) is 11.9 Å². The van der Waals surface area contributed by atoms with Crippen molar-refractivity contribution in [3.8, 4) is 0 Å². The number of hydrogen-bond acceptors (Lipinski definition) is 2. The van der Waals surface area contributed by atoms with E-state index in [0.717, 1.165) is 10.9 Å². The Hall–Kier alpha value is -0.390. The molecule has 1 aromatic rings. The first-order valence-corrected chi connectivity index (χ1v) is 6.85. The Morgan fingerprint density at radius 1 is 1.29 bits per heavy atom. The van der Waals surface area contributed by atoms with Crippen LogP contribution in [0.3, 0.4) is 0 Å². The minimum absolute atomic E-state index is 0.309. The maximum atomic E-state index is 11.5. The Balaban J connectivity index is 2.97. The first-order valence-electron chi connectivity index (χ1n) is 4.24. The lowest BCUT2D eigenvalue weighted by Gasteiger charge is -2.04. The Labute approximate surface area is 92.7 Å². The van der Waals surface area contributed by atoms with E-state index in [9.17, 15) is 8.42 Å². The van der Waals surface area contributed by atoms with Crippen molar-refractivity contribution in [2.75, 3.05) is 6.54 Å². The summed E-state index contributed by atoms with van der Waals surface area (Å²) >= 11 is 3.30. The minimum atomic E-state index is -3.30. The zero-order valence-electron chi connectivity index (χ0n) is 7.83. The molecule has 0 saturated heterocycles. The number of benzene rings is 1. The Morgan fingerprint density at radius 2 is 1.86 bits per heavy atom. The second-order valence-corrected chi connectivity index (χ2v) is 5.11. The van der Waals surface area contributed by atoms with Crippen molar-refractivity contribution < 1.29 is 8.42 Å². The highest BCUT2D eigenvalue weighted by molar-refractivity contribution is 9.08. The molecule has 0 radical (unpaired) electrons. The van der Waals surface area contributed by atoms with Crippen LogP contribution in [-0.2, 0) is 15.4 Å². The van der Waals surface area contributed by atoms with Gasteiger partial charge in [0.2, 0.25) is 10.0 Å². The van der Waals surface area contributed by atoms with Gasteiger partial charge in [0.25, 0.3) is 0 Å². The van der Waals surface area contributed by atoms with Crippen molar-refractivity contribution in [3.63, 3.8) is 0 Å². The largest absolute Gasteiger partial charge is 0.240 e. The third kappa shape index (κ3) is 2.80. The Kier molecular flexibility index (Phi) is 4.10. The molecule has 0 fully saturated rings. The number of alkyl halides is 1. The van der Waals surface area contributed by atoms with Gasteiger partial charge in [0.15, 0.2) is 0 Å². The van der Waals surface area contributed by atoms with E-state index >= 15 is 0 Å². The topological polar surface area (TPSA) is 46.2 Å². The second-order valence-electron chi connectivity index (χ2n) is 2.78. The fourth-order valence-electron chi connectivity index (χ4n) is 1.03. The van der Waals surface area contributed by atoms with Gasteiger partial charge in [-0.1, -0.05) is 35.0 Å². The van der Waals surface area contributed by atoms with Crippen LogP contribution in [0.4, 0.5) is 0 Å². The van der Waals surface area contributed by atoms with Crippen LogP contribution in [-0.4, -0.2) is 15.0 Å². The smallest absolute Gasteiger partial charge is 0.211 e. The molecule has 0 aliphatic carbocycles. The first kappa shape index (κ1) is 11.7. The highest BCUT2D eigenvalue weighted by Gasteiger charge is 2.11. The third-order valence-corrected chi connectivity index (χ3v) is 3.93. The van der Waals surface area contributed by atoms with Gasteiger partial charge in [-0.15, -0.1) is 0 Å². The molecule has 5 heteroatoms. The van der Waals surface area contributed by atoms with E-state index in [4.69, 9.17) is 0 Å². The summed E-state index contributed by atoms with van der Waals surface area (Å²) in [5.74, 6) is 0. The minimum Gasteiger partial charge on any atom is -0.211 e. The SMILES string of the molecule is CCNS(=O)(=O)c1ccc(CBr)cc1. The fraction of sp³-hybridized carbons (Fsp3) is 0.333. The van der Waals surface area contributed by atoms with Gasteiger partial charge in [0.1, 0.15) is 0 Å². The van der Waals surface area contributed by atoms with Crippen molar-refractivity contribution >= 4 is 26.0 Å². The number of sulfonamides is 1. The van der Waals surface area contributed by atoms with E-state index in [1.165, 1.54) is 0 Å². The number of rotatable bonds is 4. The summed E-state index contributed by atoms with van der Waals surface area (Å²) in [6.45, 7) is 2.16. The van der Waals surface area contributed by atoms with Crippen LogP contribution in [0, 0.1) is 0 Å². The molecule has 0 aliphatic rings. The van der Waals surface area contributed by atoms with Crippen LogP contribution >= 0.6 is 15.9 Å². The van der Waals surface area contributed by atoms with Crippen molar-refractivity contribution in [2.45, 2.75) is 17.1 Å². The van der Waals surface area contributed by atoms with Crippen LogP contribution in [0.2, 0.25) is 0 Å². The summed E-state index contributed by atoms with van der Waals surface area (Å²) in [5, 5.41) is 0.731. The maximum absolute atomic E-state index is 11.5. The van der Waals surface area contributed by atoms with E-state index < -0.39 is 10.0 Å². The molecule has 0 unspecified atom stereocenters. The lowest BCUT2D eigenvalue weighted by molar-refractivity contribution is 0.584. The zero-order chi connectivity index (χ0) is 10.6. The van der Waals surface area contributed by atoms with Crippen molar-refractivity contribution in [1.82, 2.24) is 4.72 Å². The number of nitrogens with one attached hydrogen (secondary N) is 1. The van der Waals surface area contributed by atoms with Gasteiger partial charge >= 0.3 is 0 Å². The van der Waals surface area contributed by atoms with E-state index in [1.807, 2.05) is 0 Å². The van der Waals surface area contributed by atoms with E-state index in [0.29, 0.717) is 11.4 Å². The quantitative estimate of drug-likeness (QED) is 0.855. The summed E-state index contributed by atoms with van der Waals surface area (Å²) in [6, 6.07) is 6.79. The van der Waals surface area contributed by atoms with Gasteiger partial charge in [0.05, 0.1) is 4.90 Å². The van der Waals surface area contributed by atoms with Gasteiger partial charge in [-0.25, -0.2) is 13.1 Å². The van der Waals surface area contributed by atoms with Gasteiger partial charge in [-0.3, -0.25) is 0 Å². The molecule has 0 saturated carbocycles. The summed E-state index contributed by atoms with van der Waals surface area (Å²) in [4.78, 5) is 0.309. The average molecular weight is 278 g/mol. The zero-order valence-corrected chi connectivity index (χ0v) is 10.2. The molecule has 0 aliphatic heterocycles. The fourth-order valence-corrected chi connectivity index (χ4v) is 2.45. The molecule has 0 atom stereocenters.